The van der Waals surface area contributed by atoms with Crippen LogP contribution in [-0.4, -0.2) is 52.4 Å². The fourth-order valence-electron chi connectivity index (χ4n) is 3.30. The van der Waals surface area contributed by atoms with Gasteiger partial charge in [-0.2, -0.15) is 0 Å². The molecule has 0 bridgehead atoms. The lowest BCUT2D eigenvalue weighted by molar-refractivity contribution is -0.119. The molecule has 1 aliphatic heterocycles. The fraction of sp³-hybridized carbons (Fsp3) is 0.450. The molecule has 7 heteroatoms. The number of benzene rings is 1. The van der Waals surface area contributed by atoms with Gasteiger partial charge in [-0.1, -0.05) is 18.6 Å². The Balaban J connectivity index is 1.62. The van der Waals surface area contributed by atoms with Crippen molar-refractivity contribution in [3.8, 4) is 5.69 Å². The number of rotatable bonds is 7. The van der Waals surface area contributed by atoms with Crippen LogP contribution in [0.1, 0.15) is 42.2 Å². The lowest BCUT2D eigenvalue weighted by Crippen LogP contribution is -2.37. The maximum absolute atomic E-state index is 12.7. The van der Waals surface area contributed by atoms with E-state index in [2.05, 4.69) is 20.5 Å². The highest BCUT2D eigenvalue weighted by atomic mass is 16.2. The molecule has 0 unspecified atom stereocenters. The number of likely N-dealkylation sites (tertiary alicyclic amines) is 1. The van der Waals surface area contributed by atoms with Gasteiger partial charge in [-0.05, 0) is 38.1 Å². The second-order valence-electron chi connectivity index (χ2n) is 6.86. The van der Waals surface area contributed by atoms with Gasteiger partial charge in [0.2, 0.25) is 5.91 Å². The van der Waals surface area contributed by atoms with Crippen LogP contribution in [0.3, 0.4) is 0 Å². The van der Waals surface area contributed by atoms with Crippen LogP contribution >= 0.6 is 0 Å². The first-order chi connectivity index (χ1) is 13.1. The van der Waals surface area contributed by atoms with Gasteiger partial charge in [-0.3, -0.25) is 9.59 Å². The third-order valence-electron chi connectivity index (χ3n) is 4.74. The third-order valence-corrected chi connectivity index (χ3v) is 4.74. The second-order valence-corrected chi connectivity index (χ2v) is 6.86. The Morgan fingerprint density at radius 1 is 1.11 bits per heavy atom. The molecule has 1 aromatic heterocycles. The van der Waals surface area contributed by atoms with E-state index in [1.54, 1.807) is 6.33 Å². The van der Waals surface area contributed by atoms with Crippen LogP contribution in [-0.2, 0) is 11.3 Å². The predicted molar refractivity (Wildman–Crippen MR) is 104 cm³/mol. The second kappa shape index (κ2) is 9.32. The quantitative estimate of drug-likeness (QED) is 0.779. The summed E-state index contributed by atoms with van der Waals surface area (Å²) in [5, 5.41) is 5.76. The van der Waals surface area contributed by atoms with Gasteiger partial charge in [-0.25, -0.2) is 4.98 Å². The van der Waals surface area contributed by atoms with Crippen molar-refractivity contribution in [1.82, 2.24) is 25.1 Å². The Kier molecular flexibility index (Phi) is 6.59. The number of para-hydroxylation sites is 1. The molecule has 0 spiro atoms. The topological polar surface area (TPSA) is 79.3 Å². The first-order valence-electron chi connectivity index (χ1n) is 9.51. The maximum atomic E-state index is 12.7. The maximum Gasteiger partial charge on any atom is 0.253 e. The summed E-state index contributed by atoms with van der Waals surface area (Å²) in [6.07, 6.45) is 7.30. The predicted octanol–water partition coefficient (Wildman–Crippen LogP) is 1.72. The van der Waals surface area contributed by atoms with Gasteiger partial charge in [0.15, 0.2) is 0 Å². The Bertz CT molecular complexity index is 780. The normalized spacial score (nSPS) is 14.7. The van der Waals surface area contributed by atoms with Gasteiger partial charge in [0.05, 0.1) is 29.8 Å². The van der Waals surface area contributed by atoms with E-state index in [4.69, 9.17) is 0 Å². The van der Waals surface area contributed by atoms with E-state index in [0.29, 0.717) is 18.7 Å². The lowest BCUT2D eigenvalue weighted by atomic mass is 10.1. The molecule has 2 N–H and O–H groups in total. The number of hydrogen-bond acceptors (Lipinski definition) is 4. The van der Waals surface area contributed by atoms with Gasteiger partial charge in [0, 0.05) is 26.2 Å². The number of carbonyl (C=O) groups excluding carboxylic acids is 2. The van der Waals surface area contributed by atoms with E-state index < -0.39 is 0 Å². The summed E-state index contributed by atoms with van der Waals surface area (Å²) in [6, 6.07) is 7.47. The van der Waals surface area contributed by atoms with Gasteiger partial charge in [-0.15, -0.1) is 0 Å². The van der Waals surface area contributed by atoms with E-state index in [1.165, 1.54) is 26.2 Å². The number of nitrogens with one attached hydrogen (secondary N) is 2. The molecule has 1 saturated heterocycles. The number of carbonyl (C=O) groups is 2. The lowest BCUT2D eigenvalue weighted by Gasteiger charge is -2.26. The number of aromatic nitrogens is 2. The van der Waals surface area contributed by atoms with Crippen molar-refractivity contribution >= 4 is 11.8 Å². The molecule has 1 fully saturated rings. The van der Waals surface area contributed by atoms with Crippen LogP contribution < -0.4 is 10.6 Å². The molecular weight excluding hydrogens is 342 g/mol. The summed E-state index contributed by atoms with van der Waals surface area (Å²) in [5.74, 6) is -0.183. The molecule has 7 nitrogen and oxygen atoms in total. The first-order valence-corrected chi connectivity index (χ1v) is 9.51. The molecule has 0 radical (unpaired) electrons. The van der Waals surface area contributed by atoms with E-state index in [9.17, 15) is 9.59 Å². The Labute approximate surface area is 159 Å². The van der Waals surface area contributed by atoms with Crippen molar-refractivity contribution < 1.29 is 9.59 Å². The SMILES string of the molecule is CC(=O)NCc1cn(-c2ccccc2C(=O)NCCN2CCCCC2)cn1. The number of imidazole rings is 1. The minimum absolute atomic E-state index is 0.0836. The molecule has 2 aromatic rings. The Morgan fingerprint density at radius 2 is 1.89 bits per heavy atom. The van der Waals surface area contributed by atoms with Crippen molar-refractivity contribution in [1.29, 1.82) is 0 Å². The zero-order valence-electron chi connectivity index (χ0n) is 15.8. The van der Waals surface area contributed by atoms with Crippen molar-refractivity contribution in [3.63, 3.8) is 0 Å². The van der Waals surface area contributed by atoms with Crippen molar-refractivity contribution in [3.05, 3.63) is 48.0 Å². The Hall–Kier alpha value is -2.67. The highest BCUT2D eigenvalue weighted by Gasteiger charge is 2.14. The monoisotopic (exact) mass is 369 g/mol. The van der Waals surface area contributed by atoms with Crippen LogP contribution in [0.25, 0.3) is 5.69 Å². The van der Waals surface area contributed by atoms with E-state index in [0.717, 1.165) is 31.0 Å². The summed E-state index contributed by atoms with van der Waals surface area (Å²) in [7, 11) is 0. The Morgan fingerprint density at radius 3 is 2.67 bits per heavy atom. The van der Waals surface area contributed by atoms with Crippen molar-refractivity contribution in [2.24, 2.45) is 0 Å². The highest BCUT2D eigenvalue weighted by Crippen LogP contribution is 2.15. The van der Waals surface area contributed by atoms with Crippen LogP contribution in [0.15, 0.2) is 36.8 Å². The molecule has 27 heavy (non-hydrogen) atoms. The summed E-state index contributed by atoms with van der Waals surface area (Å²) in [4.78, 5) is 30.4. The summed E-state index contributed by atoms with van der Waals surface area (Å²) in [5.41, 5.74) is 2.12. The molecule has 1 aliphatic rings. The van der Waals surface area contributed by atoms with Crippen molar-refractivity contribution in [2.45, 2.75) is 32.7 Å². The first kappa shape index (κ1) is 19.1. The number of hydrogen-bond donors (Lipinski definition) is 2. The van der Waals surface area contributed by atoms with Crippen LogP contribution in [0.2, 0.25) is 0 Å². The zero-order chi connectivity index (χ0) is 19.1. The standard InChI is InChI=1S/C20H27N5O2/c1-16(26)22-13-17-14-25(15-23-17)19-8-4-3-7-18(19)20(27)21-9-12-24-10-5-2-6-11-24/h3-4,7-8,14-15H,2,5-6,9-13H2,1H3,(H,21,27)(H,22,26). The van der Waals surface area contributed by atoms with Gasteiger partial charge >= 0.3 is 0 Å². The fourth-order valence-corrected chi connectivity index (χ4v) is 3.30. The molecule has 144 valence electrons. The van der Waals surface area contributed by atoms with Gasteiger partial charge in [0.1, 0.15) is 0 Å². The molecule has 1 aromatic carbocycles. The number of piperidine rings is 1. The molecule has 2 heterocycles. The van der Waals surface area contributed by atoms with Gasteiger partial charge < -0.3 is 20.1 Å². The van der Waals surface area contributed by atoms with E-state index in [1.807, 2.05) is 35.0 Å². The molecule has 3 rings (SSSR count). The van der Waals surface area contributed by atoms with Crippen LogP contribution in [0.4, 0.5) is 0 Å². The highest BCUT2D eigenvalue weighted by molar-refractivity contribution is 5.97. The number of nitrogens with zero attached hydrogens (tertiary/aromatic N) is 3. The zero-order valence-corrected chi connectivity index (χ0v) is 15.8. The van der Waals surface area contributed by atoms with Crippen LogP contribution in [0, 0.1) is 0 Å². The number of amides is 2. The largest absolute Gasteiger partial charge is 0.351 e. The average Bonchev–Trinajstić information content (AvgIpc) is 3.16. The third kappa shape index (κ3) is 5.40. The minimum Gasteiger partial charge on any atom is -0.351 e. The van der Waals surface area contributed by atoms with Crippen LogP contribution in [0.5, 0.6) is 0 Å². The van der Waals surface area contributed by atoms with E-state index >= 15 is 0 Å². The molecule has 2 amide bonds. The summed E-state index contributed by atoms with van der Waals surface area (Å²) < 4.78 is 1.82. The minimum atomic E-state index is -0.0990. The average molecular weight is 369 g/mol. The molecule has 0 atom stereocenters. The van der Waals surface area contributed by atoms with E-state index in [-0.39, 0.29) is 11.8 Å². The molecule has 0 saturated carbocycles. The summed E-state index contributed by atoms with van der Waals surface area (Å²) in [6.45, 7) is 5.62. The molecular formula is C20H27N5O2. The molecule has 0 aliphatic carbocycles. The van der Waals surface area contributed by atoms with Crippen molar-refractivity contribution in [2.75, 3.05) is 26.2 Å². The summed E-state index contributed by atoms with van der Waals surface area (Å²) >= 11 is 0. The smallest absolute Gasteiger partial charge is 0.253 e. The van der Waals surface area contributed by atoms with Gasteiger partial charge in [0.25, 0.3) is 5.91 Å².